The van der Waals surface area contributed by atoms with E-state index in [1.807, 2.05) is 22.7 Å². The molecule has 0 saturated heterocycles. The first-order valence-electron chi connectivity index (χ1n) is 15.2. The van der Waals surface area contributed by atoms with Gasteiger partial charge >= 0.3 is 0 Å². The largest absolute Gasteiger partial charge is 0.481 e. The van der Waals surface area contributed by atoms with Crippen LogP contribution in [0.15, 0.2) is 24.3 Å². The number of unbranched alkanes of at least 4 members (excludes halogenated alkanes) is 10. The van der Waals surface area contributed by atoms with Gasteiger partial charge in [0.15, 0.2) is 0 Å². The lowest BCUT2D eigenvalue weighted by molar-refractivity contribution is 0.0397. The number of benzene rings is 1. The molecule has 1 aromatic carbocycles. The van der Waals surface area contributed by atoms with Crippen LogP contribution in [-0.4, -0.2) is 8.75 Å². The number of fused-ring (bicyclic) bond motifs is 4. The number of ether oxygens (including phenoxy) is 1. The van der Waals surface area contributed by atoms with E-state index in [1.54, 1.807) is 0 Å². The monoisotopic (exact) mass is 580 g/mol. The zero-order valence-corrected chi connectivity index (χ0v) is 26.7. The van der Waals surface area contributed by atoms with Gasteiger partial charge in [0.05, 0.1) is 21.5 Å². The number of aryl methyl sites for hydroxylation is 2. The standard InChI is InChI=1S/C33H44N2OS3/c1-5-7-9-11-13-15-19-33(20-16-14-12-10-8-6-2)26-22-28(25-18-17-23(3)29-30(25)35-39-34-29)38-31(26)32-27(36-33)21-24(4)37-32/h17-18,21-22H,5-16,19-20H2,1-4H3. The third kappa shape index (κ3) is 6.28. The van der Waals surface area contributed by atoms with Gasteiger partial charge in [-0.15, -0.1) is 22.7 Å². The van der Waals surface area contributed by atoms with Gasteiger partial charge in [0.2, 0.25) is 0 Å². The molecule has 210 valence electrons. The van der Waals surface area contributed by atoms with Crippen molar-refractivity contribution in [1.29, 1.82) is 0 Å². The maximum absolute atomic E-state index is 7.15. The summed E-state index contributed by atoms with van der Waals surface area (Å²) in [6.45, 7) is 8.94. The minimum Gasteiger partial charge on any atom is -0.481 e. The summed E-state index contributed by atoms with van der Waals surface area (Å²) in [5.74, 6) is 1.11. The lowest BCUT2D eigenvalue weighted by Gasteiger charge is -2.38. The Morgan fingerprint density at radius 3 is 2.05 bits per heavy atom. The Morgan fingerprint density at radius 2 is 1.36 bits per heavy atom. The Kier molecular flexibility index (Phi) is 9.78. The number of hydrogen-bond donors (Lipinski definition) is 0. The zero-order chi connectivity index (χ0) is 27.2. The predicted octanol–water partition coefficient (Wildman–Crippen LogP) is 11.9. The smallest absolute Gasteiger partial charge is 0.140 e. The second kappa shape index (κ2) is 13.3. The molecule has 3 aromatic heterocycles. The van der Waals surface area contributed by atoms with Crippen molar-refractivity contribution in [2.24, 2.45) is 0 Å². The van der Waals surface area contributed by atoms with Crippen LogP contribution in [0.3, 0.4) is 0 Å². The summed E-state index contributed by atoms with van der Waals surface area (Å²) in [5.41, 5.74) is 5.69. The lowest BCUT2D eigenvalue weighted by Crippen LogP contribution is -2.35. The van der Waals surface area contributed by atoms with Crippen molar-refractivity contribution >= 4 is 45.4 Å². The van der Waals surface area contributed by atoms with Gasteiger partial charge in [-0.05, 0) is 57.2 Å². The van der Waals surface area contributed by atoms with Gasteiger partial charge in [-0.2, -0.15) is 8.75 Å². The van der Waals surface area contributed by atoms with Crippen LogP contribution in [-0.2, 0) is 5.60 Å². The minimum atomic E-state index is -0.232. The first-order chi connectivity index (χ1) is 19.1. The second-order valence-corrected chi connectivity index (χ2v) is 14.3. The molecule has 0 amide bonds. The Morgan fingerprint density at radius 1 is 0.718 bits per heavy atom. The molecule has 4 aromatic rings. The molecule has 0 N–H and O–H groups in total. The molecule has 6 heteroatoms. The average Bonchev–Trinajstić information content (AvgIpc) is 3.67. The number of aromatic nitrogens is 2. The molecule has 0 radical (unpaired) electrons. The van der Waals surface area contributed by atoms with Gasteiger partial charge in [0.25, 0.3) is 0 Å². The van der Waals surface area contributed by atoms with E-state index >= 15 is 0 Å². The fourth-order valence-corrected chi connectivity index (χ4v) is 9.07. The Balaban J connectivity index is 1.50. The molecule has 0 unspecified atom stereocenters. The minimum absolute atomic E-state index is 0.232. The molecule has 0 spiro atoms. The molecular weight excluding hydrogens is 537 g/mol. The van der Waals surface area contributed by atoms with Crippen LogP contribution in [0.1, 0.15) is 120 Å². The number of nitrogens with zero attached hydrogens (tertiary/aromatic N) is 2. The SMILES string of the molecule is CCCCCCCCC1(CCCCCCCC)Oc2cc(C)sc2-c2sc(-c3ccc(C)c4nsnc34)cc21. The van der Waals surface area contributed by atoms with Crippen molar-refractivity contribution < 1.29 is 4.74 Å². The highest BCUT2D eigenvalue weighted by atomic mass is 32.1. The lowest BCUT2D eigenvalue weighted by atomic mass is 9.81. The van der Waals surface area contributed by atoms with Gasteiger partial charge in [-0.3, -0.25) is 0 Å². The van der Waals surface area contributed by atoms with Crippen molar-refractivity contribution in [2.75, 3.05) is 0 Å². The summed E-state index contributed by atoms with van der Waals surface area (Å²) in [6.07, 6.45) is 18.0. The molecule has 1 aliphatic rings. The van der Waals surface area contributed by atoms with E-state index in [2.05, 4.69) is 56.3 Å². The van der Waals surface area contributed by atoms with E-state index < -0.39 is 0 Å². The summed E-state index contributed by atoms with van der Waals surface area (Å²) in [6, 6.07) is 9.21. The number of rotatable bonds is 15. The number of hydrogen-bond acceptors (Lipinski definition) is 6. The van der Waals surface area contributed by atoms with Gasteiger partial charge in [-0.25, -0.2) is 0 Å². The third-order valence-electron chi connectivity index (χ3n) is 8.31. The van der Waals surface area contributed by atoms with Crippen molar-refractivity contribution in [2.45, 2.75) is 123 Å². The fourth-order valence-electron chi connectivity index (χ4n) is 6.09. The Labute approximate surface area is 247 Å². The molecule has 3 nitrogen and oxygen atoms in total. The van der Waals surface area contributed by atoms with Crippen molar-refractivity contribution in [3.8, 4) is 25.9 Å². The van der Waals surface area contributed by atoms with Crippen molar-refractivity contribution in [3.05, 3.63) is 40.3 Å². The molecule has 4 heterocycles. The van der Waals surface area contributed by atoms with E-state index in [1.165, 1.54) is 125 Å². The van der Waals surface area contributed by atoms with Crippen LogP contribution >= 0.6 is 34.4 Å². The van der Waals surface area contributed by atoms with E-state index in [9.17, 15) is 0 Å². The summed E-state index contributed by atoms with van der Waals surface area (Å²) in [4.78, 5) is 5.38. The van der Waals surface area contributed by atoms with Crippen molar-refractivity contribution in [1.82, 2.24) is 8.75 Å². The highest BCUT2D eigenvalue weighted by Crippen LogP contribution is 2.57. The Bertz CT molecular complexity index is 1350. The quantitative estimate of drug-likeness (QED) is 0.131. The molecule has 39 heavy (non-hydrogen) atoms. The van der Waals surface area contributed by atoms with Gasteiger partial charge in [0, 0.05) is 20.9 Å². The topological polar surface area (TPSA) is 35.0 Å². The van der Waals surface area contributed by atoms with Gasteiger partial charge < -0.3 is 4.74 Å². The third-order valence-corrected chi connectivity index (χ3v) is 11.2. The highest BCUT2D eigenvalue weighted by Gasteiger charge is 2.42. The average molecular weight is 581 g/mol. The van der Waals surface area contributed by atoms with Crippen LogP contribution in [0.5, 0.6) is 5.75 Å². The van der Waals surface area contributed by atoms with Gasteiger partial charge in [0.1, 0.15) is 22.4 Å². The summed E-state index contributed by atoms with van der Waals surface area (Å²) in [5, 5.41) is 0. The molecule has 0 saturated carbocycles. The van der Waals surface area contributed by atoms with E-state index in [0.29, 0.717) is 0 Å². The number of thiophene rings is 2. The summed E-state index contributed by atoms with van der Waals surface area (Å²) in [7, 11) is 0. The summed E-state index contributed by atoms with van der Waals surface area (Å²) < 4.78 is 16.5. The van der Waals surface area contributed by atoms with Crippen LogP contribution < -0.4 is 4.74 Å². The molecule has 1 aliphatic heterocycles. The maximum Gasteiger partial charge on any atom is 0.140 e. The normalized spacial score (nSPS) is 13.9. The molecule has 0 aliphatic carbocycles. The molecule has 0 fully saturated rings. The fraction of sp³-hybridized carbons (Fsp3) is 0.576. The molecule has 0 atom stereocenters. The highest BCUT2D eigenvalue weighted by molar-refractivity contribution is 7.24. The molecule has 5 rings (SSSR count). The van der Waals surface area contributed by atoms with Crippen LogP contribution in [0.4, 0.5) is 0 Å². The van der Waals surface area contributed by atoms with E-state index in [0.717, 1.165) is 29.6 Å². The zero-order valence-electron chi connectivity index (χ0n) is 24.2. The van der Waals surface area contributed by atoms with Crippen LogP contribution in [0.25, 0.3) is 31.2 Å². The maximum atomic E-state index is 7.15. The van der Waals surface area contributed by atoms with Crippen LogP contribution in [0.2, 0.25) is 0 Å². The predicted molar refractivity (Wildman–Crippen MR) is 172 cm³/mol. The van der Waals surface area contributed by atoms with Gasteiger partial charge in [-0.1, -0.05) is 90.2 Å². The molecular formula is C33H44N2OS3. The van der Waals surface area contributed by atoms with E-state index in [-0.39, 0.29) is 5.60 Å². The summed E-state index contributed by atoms with van der Waals surface area (Å²) >= 11 is 5.15. The van der Waals surface area contributed by atoms with Crippen LogP contribution in [0, 0.1) is 13.8 Å². The van der Waals surface area contributed by atoms with E-state index in [4.69, 9.17) is 9.11 Å². The van der Waals surface area contributed by atoms with Crippen molar-refractivity contribution in [3.63, 3.8) is 0 Å². The first kappa shape index (κ1) is 28.8. The second-order valence-electron chi connectivity index (χ2n) is 11.4. The first-order valence-corrected chi connectivity index (χ1v) is 17.6. The molecule has 0 bridgehead atoms. The Hall–Kier alpha value is -1.76.